The zero-order valence-corrected chi connectivity index (χ0v) is 18.6. The third-order valence-electron chi connectivity index (χ3n) is 5.38. The summed E-state index contributed by atoms with van der Waals surface area (Å²) in [6, 6.07) is 0.140. The van der Waals surface area contributed by atoms with Crippen LogP contribution >= 0.6 is 0 Å². The molecule has 0 amide bonds. The van der Waals surface area contributed by atoms with E-state index < -0.39 is 0 Å². The van der Waals surface area contributed by atoms with Gasteiger partial charge in [0.05, 0.1) is 25.1 Å². The van der Waals surface area contributed by atoms with E-state index >= 15 is 0 Å². The van der Waals surface area contributed by atoms with E-state index in [1.165, 1.54) is 83.5 Å². The molecule has 0 bridgehead atoms. The molecule has 0 saturated carbocycles. The van der Waals surface area contributed by atoms with E-state index in [0.29, 0.717) is 6.61 Å². The fourth-order valence-corrected chi connectivity index (χ4v) is 3.70. The number of nitrogens with zero attached hydrogens (tertiary/aromatic N) is 2. The highest BCUT2D eigenvalue weighted by Gasteiger charge is 2.31. The van der Waals surface area contributed by atoms with Crippen molar-refractivity contribution >= 4 is 13.5 Å². The van der Waals surface area contributed by atoms with Crippen molar-refractivity contribution in [1.82, 2.24) is 4.90 Å². The summed E-state index contributed by atoms with van der Waals surface area (Å²) in [5, 5.41) is 0. The van der Waals surface area contributed by atoms with Gasteiger partial charge in [0.1, 0.15) is 0 Å². The molecule has 0 aromatic carbocycles. The summed E-state index contributed by atoms with van der Waals surface area (Å²) in [5.74, 6) is 0. The molecule has 27 heavy (non-hydrogen) atoms. The predicted octanol–water partition coefficient (Wildman–Crippen LogP) is 5.96. The molecule has 1 aliphatic heterocycles. The van der Waals surface area contributed by atoms with E-state index in [0.717, 1.165) is 6.42 Å². The van der Waals surface area contributed by atoms with Gasteiger partial charge in [0, 0.05) is 14.1 Å². The first kappa shape index (κ1) is 24.5. The molecule has 5 heteroatoms. The fraction of sp³-hybridized carbons (Fsp3) is 0.955. The van der Waals surface area contributed by atoms with Crippen molar-refractivity contribution in [2.24, 2.45) is 4.99 Å². The molecule has 1 heterocycles. The lowest BCUT2D eigenvalue weighted by Gasteiger charge is -2.32. The van der Waals surface area contributed by atoms with Gasteiger partial charge in [-0.05, 0) is 13.2 Å². The molecule has 4 nitrogen and oxygen atoms in total. The van der Waals surface area contributed by atoms with E-state index in [-0.39, 0.29) is 19.3 Å². The van der Waals surface area contributed by atoms with Crippen LogP contribution in [0.1, 0.15) is 96.8 Å². The van der Waals surface area contributed by atoms with Gasteiger partial charge in [0.25, 0.3) is 0 Å². The van der Waals surface area contributed by atoms with E-state index in [4.69, 9.17) is 9.31 Å². The van der Waals surface area contributed by atoms with Gasteiger partial charge in [-0.15, -0.1) is 0 Å². The lowest BCUT2D eigenvalue weighted by Crippen LogP contribution is -2.44. The normalized spacial score (nSPS) is 20.5. The largest absolute Gasteiger partial charge is 0.453 e. The Morgan fingerprint density at radius 3 is 1.93 bits per heavy atom. The number of unbranched alkanes of at least 4 members (excludes halogenated alkanes) is 12. The molecule has 2 unspecified atom stereocenters. The predicted molar refractivity (Wildman–Crippen MR) is 119 cm³/mol. The molecular formula is C22H45BN2O2. The van der Waals surface area contributed by atoms with Crippen LogP contribution in [0.25, 0.3) is 0 Å². The van der Waals surface area contributed by atoms with Gasteiger partial charge in [-0.25, -0.2) is 0 Å². The molecule has 0 aromatic heterocycles. The van der Waals surface area contributed by atoms with Crippen molar-refractivity contribution < 1.29 is 9.31 Å². The number of aliphatic imine (C=N–C) groups is 1. The molecule has 0 spiro atoms. The first-order valence-corrected chi connectivity index (χ1v) is 11.6. The average Bonchev–Trinajstić information content (AvgIpc) is 2.64. The minimum absolute atomic E-state index is 0.0946. The second kappa shape index (κ2) is 16.4. The minimum atomic E-state index is -0.0946. The monoisotopic (exact) mass is 380 g/mol. The Labute approximate surface area is 169 Å². The van der Waals surface area contributed by atoms with E-state index in [2.05, 4.69) is 11.9 Å². The van der Waals surface area contributed by atoms with Gasteiger partial charge in [-0.2, -0.15) is 0 Å². The van der Waals surface area contributed by atoms with Gasteiger partial charge < -0.3 is 14.2 Å². The second-order valence-corrected chi connectivity index (χ2v) is 8.40. The Morgan fingerprint density at radius 1 is 0.889 bits per heavy atom. The van der Waals surface area contributed by atoms with Gasteiger partial charge in [0.15, 0.2) is 0 Å². The van der Waals surface area contributed by atoms with Crippen LogP contribution in [0.15, 0.2) is 4.99 Å². The maximum atomic E-state index is 5.98. The summed E-state index contributed by atoms with van der Waals surface area (Å²) in [5.41, 5.74) is 0. The van der Waals surface area contributed by atoms with E-state index in [9.17, 15) is 0 Å². The topological polar surface area (TPSA) is 34.1 Å². The van der Waals surface area contributed by atoms with Gasteiger partial charge in [0.2, 0.25) is 0 Å². The van der Waals surface area contributed by atoms with Crippen LogP contribution in [-0.4, -0.2) is 51.2 Å². The highest BCUT2D eigenvalue weighted by atomic mass is 16.6. The summed E-state index contributed by atoms with van der Waals surface area (Å²) < 4.78 is 11.6. The molecule has 1 saturated heterocycles. The van der Waals surface area contributed by atoms with Crippen molar-refractivity contribution in [1.29, 1.82) is 0 Å². The Bertz CT molecular complexity index is 366. The van der Waals surface area contributed by atoms with Crippen LogP contribution in [0.2, 0.25) is 6.82 Å². The Hall–Kier alpha value is -0.545. The van der Waals surface area contributed by atoms with Crippen molar-refractivity contribution in [2.75, 3.05) is 20.7 Å². The summed E-state index contributed by atoms with van der Waals surface area (Å²) in [4.78, 5) is 6.60. The van der Waals surface area contributed by atoms with Crippen molar-refractivity contribution in [3.8, 4) is 0 Å². The zero-order chi connectivity index (χ0) is 19.7. The summed E-state index contributed by atoms with van der Waals surface area (Å²) in [7, 11) is 3.90. The van der Waals surface area contributed by atoms with Crippen LogP contribution < -0.4 is 0 Å². The lowest BCUT2D eigenvalue weighted by molar-refractivity contribution is 0.0451. The van der Waals surface area contributed by atoms with Gasteiger partial charge in [-0.1, -0.05) is 90.4 Å². The Morgan fingerprint density at radius 2 is 1.41 bits per heavy atom. The maximum Gasteiger partial charge on any atom is 0.453 e. The van der Waals surface area contributed by atoms with Crippen molar-refractivity contribution in [2.45, 2.75) is 116 Å². The Balaban J connectivity index is 1.99. The molecule has 1 fully saturated rings. The first-order chi connectivity index (χ1) is 13.1. The molecule has 2 atom stereocenters. The zero-order valence-electron chi connectivity index (χ0n) is 18.6. The molecule has 0 aliphatic carbocycles. The minimum Gasteiger partial charge on any atom is -0.409 e. The molecular weight excluding hydrogens is 335 g/mol. The molecule has 0 radical (unpaired) electrons. The van der Waals surface area contributed by atoms with Crippen LogP contribution in [-0.2, 0) is 9.31 Å². The average molecular weight is 380 g/mol. The molecule has 1 rings (SSSR count). The highest BCUT2D eigenvalue weighted by Crippen LogP contribution is 2.20. The maximum absolute atomic E-state index is 5.98. The van der Waals surface area contributed by atoms with Gasteiger partial charge >= 0.3 is 7.12 Å². The summed E-state index contributed by atoms with van der Waals surface area (Å²) >= 11 is 0. The highest BCUT2D eigenvalue weighted by molar-refractivity contribution is 6.42. The smallest absolute Gasteiger partial charge is 0.409 e. The van der Waals surface area contributed by atoms with E-state index in [1.54, 1.807) is 0 Å². The fourth-order valence-electron chi connectivity index (χ4n) is 3.70. The SMILES string of the molecule is CCCCCCCCCCCCCCCC1OB(C)OCC1N=CN(C)C. The standard InChI is InChI=1S/C22H45BN2O2/c1-5-6-7-8-9-10-11-12-13-14-15-16-17-18-22-21(24-20-25(3)4)19-26-23(2)27-22/h20-22H,5-19H2,1-4H3. The van der Waals surface area contributed by atoms with Crippen molar-refractivity contribution in [3.05, 3.63) is 0 Å². The number of hydrogen-bond acceptors (Lipinski definition) is 3. The van der Waals surface area contributed by atoms with Crippen LogP contribution in [0.4, 0.5) is 0 Å². The quantitative estimate of drug-likeness (QED) is 0.143. The lowest BCUT2D eigenvalue weighted by atomic mass is 9.89. The molecule has 0 aromatic rings. The molecule has 1 aliphatic rings. The molecule has 158 valence electrons. The van der Waals surface area contributed by atoms with Crippen LogP contribution in [0, 0.1) is 0 Å². The number of hydrogen-bond donors (Lipinski definition) is 0. The third-order valence-corrected chi connectivity index (χ3v) is 5.38. The number of rotatable bonds is 16. The van der Waals surface area contributed by atoms with E-state index in [1.807, 2.05) is 32.2 Å². The van der Waals surface area contributed by atoms with Crippen molar-refractivity contribution in [3.63, 3.8) is 0 Å². The Kier molecular flexibility index (Phi) is 14.9. The molecule has 0 N–H and O–H groups in total. The second-order valence-electron chi connectivity index (χ2n) is 8.40. The van der Waals surface area contributed by atoms with Crippen LogP contribution in [0.5, 0.6) is 0 Å². The van der Waals surface area contributed by atoms with Crippen LogP contribution in [0.3, 0.4) is 0 Å². The summed E-state index contributed by atoms with van der Waals surface area (Å²) in [6.07, 6.45) is 21.3. The third kappa shape index (κ3) is 13.3. The first-order valence-electron chi connectivity index (χ1n) is 11.6. The van der Waals surface area contributed by atoms with Gasteiger partial charge in [-0.3, -0.25) is 4.99 Å². The summed E-state index contributed by atoms with van der Waals surface area (Å²) in [6.45, 7) is 4.95.